The Morgan fingerprint density at radius 1 is 1.57 bits per heavy atom. The zero-order chi connectivity index (χ0) is 10.7. The van der Waals surface area contributed by atoms with Gasteiger partial charge in [-0.15, -0.1) is 0 Å². The molecule has 1 heterocycles. The zero-order valence-corrected chi connectivity index (χ0v) is 7.14. The predicted octanol–water partition coefficient (Wildman–Crippen LogP) is 0.0697. The van der Waals surface area contributed by atoms with E-state index in [1.165, 1.54) is 0 Å². The molecule has 0 aliphatic heterocycles. The van der Waals surface area contributed by atoms with Gasteiger partial charge in [0.05, 0.1) is 12.0 Å². The highest BCUT2D eigenvalue weighted by Gasteiger charge is 2.21. The van der Waals surface area contributed by atoms with Gasteiger partial charge in [-0.3, -0.25) is 14.9 Å². The van der Waals surface area contributed by atoms with Crippen molar-refractivity contribution < 1.29 is 14.5 Å². The molecule has 1 rings (SSSR count). The Morgan fingerprint density at radius 3 is 2.71 bits per heavy atom. The number of esters is 1. The molecule has 1 aromatic rings. The molecular formula is C7H6N2O5. The van der Waals surface area contributed by atoms with Crippen LogP contribution < -0.4 is 5.56 Å². The summed E-state index contributed by atoms with van der Waals surface area (Å²) in [6.07, 6.45) is 0. The number of aromatic nitrogens is 1. The molecule has 0 saturated carbocycles. The first-order chi connectivity index (χ1) is 6.56. The van der Waals surface area contributed by atoms with Crippen LogP contribution in [0.1, 0.15) is 10.5 Å². The first kappa shape index (κ1) is 9.90. The number of hydrogen-bond donors (Lipinski definition) is 1. The number of aromatic amines is 1. The van der Waals surface area contributed by atoms with E-state index in [2.05, 4.69) is 4.74 Å². The van der Waals surface area contributed by atoms with E-state index in [1.807, 2.05) is 4.98 Å². The zero-order valence-electron chi connectivity index (χ0n) is 7.14. The predicted molar refractivity (Wildman–Crippen MR) is 45.1 cm³/mol. The fourth-order valence-corrected chi connectivity index (χ4v) is 0.877. The number of nitro groups is 1. The maximum Gasteiger partial charge on any atom is 0.361 e. The molecule has 7 heteroatoms. The van der Waals surface area contributed by atoms with Crippen molar-refractivity contribution in [1.29, 1.82) is 0 Å². The Balaban J connectivity index is 3.37. The molecule has 0 aliphatic carbocycles. The second-order valence-corrected chi connectivity index (χ2v) is 2.33. The van der Waals surface area contributed by atoms with Crippen LogP contribution in [0.3, 0.4) is 0 Å². The lowest BCUT2D eigenvalue weighted by atomic mass is 10.3. The maximum absolute atomic E-state index is 11.0. The summed E-state index contributed by atoms with van der Waals surface area (Å²) in [5.41, 5.74) is -1.54. The summed E-state index contributed by atoms with van der Waals surface area (Å²) in [5.74, 6) is -0.950. The van der Waals surface area contributed by atoms with E-state index >= 15 is 0 Å². The molecule has 0 fully saturated rings. The summed E-state index contributed by atoms with van der Waals surface area (Å²) in [7, 11) is 1.07. The average molecular weight is 198 g/mol. The van der Waals surface area contributed by atoms with E-state index < -0.39 is 27.8 Å². The summed E-state index contributed by atoms with van der Waals surface area (Å²) < 4.78 is 4.27. The first-order valence-corrected chi connectivity index (χ1v) is 3.52. The SMILES string of the molecule is COC(=O)c1[nH]c(=O)ccc1[N+](=O)[O-]. The lowest BCUT2D eigenvalue weighted by Gasteiger charge is -1.99. The third-order valence-electron chi connectivity index (χ3n) is 1.48. The molecule has 0 unspecified atom stereocenters. The van der Waals surface area contributed by atoms with E-state index in [1.54, 1.807) is 0 Å². The number of carbonyl (C=O) groups is 1. The van der Waals surface area contributed by atoms with Crippen LogP contribution in [0, 0.1) is 10.1 Å². The number of ether oxygens (including phenoxy) is 1. The number of nitrogens with zero attached hydrogens (tertiary/aromatic N) is 1. The molecular weight excluding hydrogens is 192 g/mol. The van der Waals surface area contributed by atoms with Gasteiger partial charge in [-0.25, -0.2) is 4.79 Å². The maximum atomic E-state index is 11.0. The third kappa shape index (κ3) is 1.76. The van der Waals surface area contributed by atoms with Gasteiger partial charge < -0.3 is 9.72 Å². The number of hydrogen-bond acceptors (Lipinski definition) is 5. The molecule has 0 spiro atoms. The summed E-state index contributed by atoms with van der Waals surface area (Å²) in [6.45, 7) is 0. The van der Waals surface area contributed by atoms with Gasteiger partial charge in [-0.1, -0.05) is 0 Å². The van der Waals surface area contributed by atoms with Crippen LogP contribution in [0.15, 0.2) is 16.9 Å². The van der Waals surface area contributed by atoms with Crippen molar-refractivity contribution in [3.05, 3.63) is 38.3 Å². The highest BCUT2D eigenvalue weighted by molar-refractivity contribution is 5.91. The number of H-pyrrole nitrogens is 1. The molecule has 14 heavy (non-hydrogen) atoms. The molecule has 0 saturated heterocycles. The molecule has 0 amide bonds. The van der Waals surface area contributed by atoms with E-state index in [0.717, 1.165) is 19.2 Å². The van der Waals surface area contributed by atoms with E-state index in [4.69, 9.17) is 0 Å². The third-order valence-corrected chi connectivity index (χ3v) is 1.48. The molecule has 0 bridgehead atoms. The summed E-state index contributed by atoms with van der Waals surface area (Å²) >= 11 is 0. The first-order valence-electron chi connectivity index (χ1n) is 3.52. The fourth-order valence-electron chi connectivity index (χ4n) is 0.877. The normalized spacial score (nSPS) is 9.50. The lowest BCUT2D eigenvalue weighted by Crippen LogP contribution is -2.15. The van der Waals surface area contributed by atoms with Crippen molar-refractivity contribution in [1.82, 2.24) is 4.98 Å². The second kappa shape index (κ2) is 3.69. The molecule has 0 aliphatic rings. The molecule has 0 radical (unpaired) electrons. The Labute approximate surface area is 77.5 Å². The van der Waals surface area contributed by atoms with Crippen LogP contribution in [0.4, 0.5) is 5.69 Å². The number of carbonyl (C=O) groups excluding carboxylic acids is 1. The monoisotopic (exact) mass is 198 g/mol. The van der Waals surface area contributed by atoms with Crippen LogP contribution >= 0.6 is 0 Å². The van der Waals surface area contributed by atoms with Crippen LogP contribution in [-0.4, -0.2) is 23.0 Å². The molecule has 74 valence electrons. The lowest BCUT2D eigenvalue weighted by molar-refractivity contribution is -0.385. The number of rotatable bonds is 2. The average Bonchev–Trinajstić information content (AvgIpc) is 2.16. The summed E-state index contributed by atoms with van der Waals surface area (Å²) in [6, 6.07) is 1.91. The van der Waals surface area contributed by atoms with Crippen LogP contribution in [0.5, 0.6) is 0 Å². The smallest absolute Gasteiger partial charge is 0.361 e. The van der Waals surface area contributed by atoms with Crippen molar-refractivity contribution in [3.63, 3.8) is 0 Å². The Kier molecular flexibility index (Phi) is 2.61. The summed E-state index contributed by atoms with van der Waals surface area (Å²) in [4.78, 5) is 33.5. The molecule has 7 nitrogen and oxygen atoms in total. The molecule has 1 aromatic heterocycles. The fraction of sp³-hybridized carbons (Fsp3) is 0.143. The van der Waals surface area contributed by atoms with Gasteiger partial charge in [0.25, 0.3) is 0 Å². The highest BCUT2D eigenvalue weighted by atomic mass is 16.6. The minimum absolute atomic E-state index is 0.454. The number of methoxy groups -OCH3 is 1. The van der Waals surface area contributed by atoms with Crippen molar-refractivity contribution in [2.24, 2.45) is 0 Å². The number of nitrogens with one attached hydrogen (secondary N) is 1. The van der Waals surface area contributed by atoms with Crippen molar-refractivity contribution in [2.45, 2.75) is 0 Å². The van der Waals surface area contributed by atoms with Gasteiger partial charge in [-0.2, -0.15) is 0 Å². The second-order valence-electron chi connectivity index (χ2n) is 2.33. The van der Waals surface area contributed by atoms with Crippen molar-refractivity contribution in [3.8, 4) is 0 Å². The van der Waals surface area contributed by atoms with Crippen molar-refractivity contribution in [2.75, 3.05) is 7.11 Å². The van der Waals surface area contributed by atoms with E-state index in [9.17, 15) is 19.7 Å². The van der Waals surface area contributed by atoms with Gasteiger partial charge in [-0.05, 0) is 0 Å². The van der Waals surface area contributed by atoms with Crippen molar-refractivity contribution >= 4 is 11.7 Å². The van der Waals surface area contributed by atoms with Gasteiger partial charge in [0.2, 0.25) is 11.3 Å². The molecule has 1 N–H and O–H groups in total. The van der Waals surface area contributed by atoms with Gasteiger partial charge >= 0.3 is 11.7 Å². The minimum atomic E-state index is -0.950. The van der Waals surface area contributed by atoms with Crippen LogP contribution in [0.2, 0.25) is 0 Å². The van der Waals surface area contributed by atoms with E-state index in [-0.39, 0.29) is 0 Å². The highest BCUT2D eigenvalue weighted by Crippen LogP contribution is 2.13. The molecule has 0 aromatic carbocycles. The van der Waals surface area contributed by atoms with Crippen LogP contribution in [0.25, 0.3) is 0 Å². The largest absolute Gasteiger partial charge is 0.464 e. The van der Waals surface area contributed by atoms with Crippen LogP contribution in [-0.2, 0) is 4.74 Å². The summed E-state index contributed by atoms with van der Waals surface area (Å²) in [5, 5.41) is 10.4. The van der Waals surface area contributed by atoms with Gasteiger partial charge in [0, 0.05) is 12.1 Å². The van der Waals surface area contributed by atoms with E-state index in [0.29, 0.717) is 0 Å². The minimum Gasteiger partial charge on any atom is -0.464 e. The number of pyridine rings is 1. The topological polar surface area (TPSA) is 102 Å². The quantitative estimate of drug-likeness (QED) is 0.411. The Morgan fingerprint density at radius 2 is 2.21 bits per heavy atom. The Bertz CT molecular complexity index is 436. The molecule has 0 atom stereocenters. The standard InChI is InChI=1S/C7H6N2O5/c1-14-7(11)6-4(9(12)13)2-3-5(10)8-6/h2-3H,1H3,(H,8,10). The Hall–Kier alpha value is -2.18. The van der Waals surface area contributed by atoms with Gasteiger partial charge in [0.1, 0.15) is 0 Å². The van der Waals surface area contributed by atoms with Gasteiger partial charge in [0.15, 0.2) is 0 Å².